The topological polar surface area (TPSA) is 90.0 Å². The Hall–Kier alpha value is -3.39. The number of allylic oxidation sites excluding steroid dienone is 1. The van der Waals surface area contributed by atoms with E-state index in [0.717, 1.165) is 11.1 Å². The highest BCUT2D eigenvalue weighted by molar-refractivity contribution is 7.89. The average molecular weight is 454 g/mol. The number of sulfonamides is 1. The van der Waals surface area contributed by atoms with Gasteiger partial charge >= 0.3 is 11.9 Å². The number of aryl methyl sites for hydroxylation is 1. The lowest BCUT2D eigenvalue weighted by atomic mass is 9.81. The van der Waals surface area contributed by atoms with Gasteiger partial charge < -0.3 is 9.47 Å². The van der Waals surface area contributed by atoms with Crippen LogP contribution >= 0.6 is 0 Å². The van der Waals surface area contributed by atoms with Gasteiger partial charge in [-0.25, -0.2) is 18.0 Å². The Bertz CT molecular complexity index is 1270. The second-order valence-electron chi connectivity index (χ2n) is 7.64. The van der Waals surface area contributed by atoms with E-state index in [9.17, 15) is 18.0 Å². The SMILES string of the molecule is COC(=O)C1=C(C(=O)OC)C2=C(CC1)N(S(=O)(=O)c1ccc(C)cc1)Cc1ccccc12. The summed E-state index contributed by atoms with van der Waals surface area (Å²) in [6.07, 6.45) is 0.428. The van der Waals surface area contributed by atoms with Crippen molar-refractivity contribution in [2.75, 3.05) is 14.2 Å². The molecule has 32 heavy (non-hydrogen) atoms. The fourth-order valence-corrected chi connectivity index (χ4v) is 5.72. The second kappa shape index (κ2) is 8.27. The van der Waals surface area contributed by atoms with Crippen molar-refractivity contribution in [3.63, 3.8) is 0 Å². The molecular formula is C24H23NO6S. The third kappa shape index (κ3) is 3.50. The molecule has 166 valence electrons. The van der Waals surface area contributed by atoms with Crippen molar-refractivity contribution < 1.29 is 27.5 Å². The van der Waals surface area contributed by atoms with Gasteiger partial charge in [-0.2, -0.15) is 0 Å². The average Bonchev–Trinajstić information content (AvgIpc) is 2.81. The minimum absolute atomic E-state index is 0.0526. The predicted molar refractivity (Wildman–Crippen MR) is 118 cm³/mol. The van der Waals surface area contributed by atoms with Gasteiger partial charge in [0.1, 0.15) is 0 Å². The van der Waals surface area contributed by atoms with Crippen LogP contribution in [0.15, 0.2) is 70.3 Å². The summed E-state index contributed by atoms with van der Waals surface area (Å²) >= 11 is 0. The lowest BCUT2D eigenvalue weighted by molar-refractivity contribution is -0.139. The summed E-state index contributed by atoms with van der Waals surface area (Å²) in [6, 6.07) is 13.9. The summed E-state index contributed by atoms with van der Waals surface area (Å²) in [4.78, 5) is 25.5. The van der Waals surface area contributed by atoms with E-state index in [2.05, 4.69) is 0 Å². The molecular weight excluding hydrogens is 430 g/mol. The third-order valence-corrected chi connectivity index (χ3v) is 7.58. The maximum atomic E-state index is 13.6. The van der Waals surface area contributed by atoms with Gasteiger partial charge in [-0.3, -0.25) is 4.31 Å². The first-order valence-corrected chi connectivity index (χ1v) is 11.5. The van der Waals surface area contributed by atoms with Crippen LogP contribution < -0.4 is 0 Å². The van der Waals surface area contributed by atoms with Crippen LogP contribution in [0, 0.1) is 6.92 Å². The molecule has 0 unspecified atom stereocenters. The highest BCUT2D eigenvalue weighted by Gasteiger charge is 2.40. The molecule has 2 aliphatic rings. The van der Waals surface area contributed by atoms with Crippen LogP contribution in [-0.2, 0) is 35.6 Å². The summed E-state index contributed by atoms with van der Waals surface area (Å²) in [5.74, 6) is -1.34. The van der Waals surface area contributed by atoms with Gasteiger partial charge in [-0.1, -0.05) is 42.0 Å². The standard InChI is InChI=1S/C24H23NO6S/c1-15-8-10-17(11-9-15)32(28,29)25-14-16-6-4-5-7-18(16)21-20(25)13-12-19(23(26)30-2)22(21)24(27)31-3/h4-11H,12-14H2,1-3H3. The number of carbonyl (C=O) groups excluding carboxylic acids is 2. The largest absolute Gasteiger partial charge is 0.466 e. The van der Waals surface area contributed by atoms with Crippen molar-refractivity contribution in [2.24, 2.45) is 0 Å². The normalized spacial score (nSPS) is 15.8. The highest BCUT2D eigenvalue weighted by atomic mass is 32.2. The van der Waals surface area contributed by atoms with E-state index < -0.39 is 22.0 Å². The van der Waals surface area contributed by atoms with Crippen molar-refractivity contribution in [3.8, 4) is 0 Å². The molecule has 7 nitrogen and oxygen atoms in total. The Labute approximate surface area is 187 Å². The summed E-state index contributed by atoms with van der Waals surface area (Å²) in [7, 11) is -1.43. The molecule has 0 aromatic heterocycles. The minimum Gasteiger partial charge on any atom is -0.466 e. The molecule has 0 spiro atoms. The Kier molecular flexibility index (Phi) is 5.64. The van der Waals surface area contributed by atoms with Crippen molar-refractivity contribution in [3.05, 3.63) is 82.1 Å². The van der Waals surface area contributed by atoms with Gasteiger partial charge in [-0.15, -0.1) is 0 Å². The zero-order chi connectivity index (χ0) is 23.0. The van der Waals surface area contributed by atoms with E-state index in [1.54, 1.807) is 24.3 Å². The molecule has 1 aliphatic heterocycles. The quantitative estimate of drug-likeness (QED) is 0.660. The lowest BCUT2D eigenvalue weighted by Crippen LogP contribution is -2.36. The highest BCUT2D eigenvalue weighted by Crippen LogP contribution is 2.45. The first kappa shape index (κ1) is 21.8. The third-order valence-electron chi connectivity index (χ3n) is 5.78. The Morgan fingerprint density at radius 2 is 1.56 bits per heavy atom. The molecule has 8 heteroatoms. The van der Waals surface area contributed by atoms with Crippen LogP contribution in [0.4, 0.5) is 0 Å². The van der Waals surface area contributed by atoms with E-state index in [0.29, 0.717) is 16.8 Å². The van der Waals surface area contributed by atoms with E-state index in [1.807, 2.05) is 31.2 Å². The van der Waals surface area contributed by atoms with Crippen molar-refractivity contribution in [2.45, 2.75) is 31.2 Å². The molecule has 0 N–H and O–H groups in total. The molecule has 0 saturated carbocycles. The maximum absolute atomic E-state index is 13.6. The molecule has 2 aromatic carbocycles. The van der Waals surface area contributed by atoms with Gasteiger partial charge in [0, 0.05) is 11.3 Å². The Morgan fingerprint density at radius 3 is 2.22 bits per heavy atom. The number of hydrogen-bond acceptors (Lipinski definition) is 6. The van der Waals surface area contributed by atoms with Gasteiger partial charge in [0.25, 0.3) is 10.0 Å². The van der Waals surface area contributed by atoms with Crippen LogP contribution in [0.25, 0.3) is 5.57 Å². The number of fused-ring (bicyclic) bond motifs is 2. The van der Waals surface area contributed by atoms with E-state index >= 15 is 0 Å². The van der Waals surface area contributed by atoms with Gasteiger partial charge in [0.2, 0.25) is 0 Å². The summed E-state index contributed by atoms with van der Waals surface area (Å²) in [5, 5.41) is 0. The van der Waals surface area contributed by atoms with Crippen LogP contribution in [-0.4, -0.2) is 38.9 Å². The zero-order valence-corrected chi connectivity index (χ0v) is 18.9. The van der Waals surface area contributed by atoms with E-state index in [4.69, 9.17) is 9.47 Å². The number of hydrogen-bond donors (Lipinski definition) is 0. The van der Waals surface area contributed by atoms with Crippen LogP contribution in [0.2, 0.25) is 0 Å². The first-order chi connectivity index (χ1) is 15.3. The molecule has 0 radical (unpaired) electrons. The number of ether oxygens (including phenoxy) is 2. The van der Waals surface area contributed by atoms with E-state index in [1.165, 1.54) is 18.5 Å². The zero-order valence-electron chi connectivity index (χ0n) is 18.0. The smallest absolute Gasteiger partial charge is 0.339 e. The first-order valence-electron chi connectivity index (χ1n) is 10.1. The van der Waals surface area contributed by atoms with Gasteiger partial charge in [-0.05, 0) is 43.0 Å². The molecule has 0 amide bonds. The second-order valence-corrected chi connectivity index (χ2v) is 9.50. The number of carbonyl (C=O) groups is 2. The summed E-state index contributed by atoms with van der Waals surface area (Å²) in [6.45, 7) is 2.02. The summed E-state index contributed by atoms with van der Waals surface area (Å²) in [5.41, 5.74) is 3.50. The van der Waals surface area contributed by atoms with Crippen LogP contribution in [0.5, 0.6) is 0 Å². The molecule has 1 aliphatic carbocycles. The maximum Gasteiger partial charge on any atom is 0.339 e. The Morgan fingerprint density at radius 1 is 0.906 bits per heavy atom. The number of rotatable bonds is 4. The fourth-order valence-electron chi connectivity index (χ4n) is 4.20. The molecule has 2 aromatic rings. The van der Waals surface area contributed by atoms with Crippen LogP contribution in [0.3, 0.4) is 0 Å². The lowest BCUT2D eigenvalue weighted by Gasteiger charge is -2.37. The predicted octanol–water partition coefficient (Wildman–Crippen LogP) is 3.35. The van der Waals surface area contributed by atoms with Crippen molar-refractivity contribution in [1.29, 1.82) is 0 Å². The number of methoxy groups -OCH3 is 2. The Balaban J connectivity index is 1.99. The molecule has 0 atom stereocenters. The molecule has 0 saturated heterocycles. The van der Waals surface area contributed by atoms with Crippen molar-refractivity contribution in [1.82, 2.24) is 4.31 Å². The fraction of sp³-hybridized carbons (Fsp3) is 0.250. The van der Waals surface area contributed by atoms with Gasteiger partial charge in [0.05, 0.1) is 36.8 Å². The van der Waals surface area contributed by atoms with E-state index in [-0.39, 0.29) is 35.4 Å². The number of nitrogens with zero attached hydrogens (tertiary/aromatic N) is 1. The van der Waals surface area contributed by atoms with Crippen LogP contribution in [0.1, 0.15) is 29.5 Å². The molecule has 0 bridgehead atoms. The molecule has 0 fully saturated rings. The van der Waals surface area contributed by atoms with Gasteiger partial charge in [0.15, 0.2) is 0 Å². The number of esters is 2. The summed E-state index contributed by atoms with van der Waals surface area (Å²) < 4.78 is 38.5. The molecule has 1 heterocycles. The minimum atomic E-state index is -3.91. The number of benzene rings is 2. The molecule has 4 rings (SSSR count). The monoisotopic (exact) mass is 453 g/mol. The van der Waals surface area contributed by atoms with Crippen molar-refractivity contribution >= 4 is 27.5 Å².